The second kappa shape index (κ2) is 7.09. The third-order valence-corrected chi connectivity index (χ3v) is 4.84. The number of nitrogens with one attached hydrogen (secondary N) is 1. The van der Waals surface area contributed by atoms with Gasteiger partial charge in [-0.1, -0.05) is 54.6 Å². The first kappa shape index (κ1) is 17.1. The zero-order chi connectivity index (χ0) is 18.8. The quantitative estimate of drug-likeness (QED) is 0.554. The number of rotatable bonds is 4. The number of fused-ring (bicyclic) bond motifs is 1. The Morgan fingerprint density at radius 2 is 1.78 bits per heavy atom. The van der Waals surface area contributed by atoms with Crippen LogP contribution >= 0.6 is 0 Å². The minimum Gasteiger partial charge on any atom is -0.341 e. The topological polar surface area (TPSA) is 74.6 Å². The maximum absolute atomic E-state index is 12.9. The van der Waals surface area contributed by atoms with Gasteiger partial charge in [0.05, 0.1) is 5.56 Å². The Kier molecular flexibility index (Phi) is 4.48. The van der Waals surface area contributed by atoms with E-state index in [1.165, 1.54) is 6.07 Å². The van der Waals surface area contributed by atoms with Gasteiger partial charge in [-0.05, 0) is 22.8 Å². The molecule has 1 aliphatic heterocycles. The van der Waals surface area contributed by atoms with Gasteiger partial charge in [0.2, 0.25) is 0 Å². The molecule has 3 aromatic rings. The Balaban J connectivity index is 1.61. The summed E-state index contributed by atoms with van der Waals surface area (Å²) in [7, 11) is 0. The Hall–Kier alpha value is -3.38. The molecule has 0 spiro atoms. The fraction of sp³-hybridized carbons (Fsp3) is 0.143. The molecule has 0 atom stereocenters. The summed E-state index contributed by atoms with van der Waals surface area (Å²) in [6, 6.07) is 19.7. The summed E-state index contributed by atoms with van der Waals surface area (Å²) in [5, 5.41) is 8.80. The zero-order valence-corrected chi connectivity index (χ0v) is 14.6. The Morgan fingerprint density at radius 3 is 2.56 bits per heavy atom. The highest BCUT2D eigenvalue weighted by Crippen LogP contribution is 2.26. The first-order chi connectivity index (χ1) is 13.2. The van der Waals surface area contributed by atoms with E-state index in [4.69, 9.17) is 5.21 Å². The summed E-state index contributed by atoms with van der Waals surface area (Å²) in [5.41, 5.74) is 5.62. The molecule has 0 saturated carbocycles. The van der Waals surface area contributed by atoms with Crippen LogP contribution < -0.4 is 5.48 Å². The second-order valence-corrected chi connectivity index (χ2v) is 6.50. The number of carbonyl (C=O) groups is 2. The van der Waals surface area contributed by atoms with Crippen molar-refractivity contribution in [3.63, 3.8) is 0 Å². The summed E-state index contributed by atoms with van der Waals surface area (Å²) in [6.07, 6.45) is 1.59. The molecule has 1 aliphatic rings. The molecule has 2 N–H and O–H groups in total. The molecule has 0 unspecified atom stereocenters. The van der Waals surface area contributed by atoms with Gasteiger partial charge in [-0.3, -0.25) is 14.8 Å². The molecule has 1 aromatic heterocycles. The van der Waals surface area contributed by atoms with Crippen LogP contribution in [0.5, 0.6) is 0 Å². The molecule has 6 heteroatoms. The summed E-state index contributed by atoms with van der Waals surface area (Å²) < 4.78 is 1.76. The number of hydroxylamine groups is 1. The van der Waals surface area contributed by atoms with E-state index in [9.17, 15) is 9.59 Å². The third-order valence-electron chi connectivity index (χ3n) is 4.84. The number of carbonyl (C=O) groups excluding carboxylic acids is 2. The van der Waals surface area contributed by atoms with Gasteiger partial charge in [-0.25, -0.2) is 5.48 Å². The average Bonchev–Trinajstić information content (AvgIpc) is 3.16. The number of benzene rings is 2. The largest absolute Gasteiger partial charge is 0.341 e. The van der Waals surface area contributed by atoms with Crippen molar-refractivity contribution in [1.29, 1.82) is 0 Å². The summed E-state index contributed by atoms with van der Waals surface area (Å²) in [5.74, 6) is -0.744. The molecule has 0 saturated heterocycles. The predicted molar refractivity (Wildman–Crippen MR) is 100 cm³/mol. The highest BCUT2D eigenvalue weighted by Gasteiger charge is 2.27. The molecule has 2 amide bonds. The maximum atomic E-state index is 12.9. The van der Waals surface area contributed by atoms with Crippen LogP contribution in [0.3, 0.4) is 0 Å². The zero-order valence-electron chi connectivity index (χ0n) is 14.6. The lowest BCUT2D eigenvalue weighted by Gasteiger charge is -2.29. The van der Waals surface area contributed by atoms with E-state index in [2.05, 4.69) is 18.2 Å². The molecular formula is C21H19N3O3. The number of nitrogens with zero attached hydrogens (tertiary/aromatic N) is 2. The standard InChI is InChI=1S/C21H19N3O3/c25-20(22-27)17-12-19-21(26)24(11-10-23(19)14-17)13-16-8-4-5-9-18(16)15-6-2-1-3-7-15/h1-9,12,14,27H,10-11,13H2,(H,22,25). The minimum atomic E-state index is -0.620. The van der Waals surface area contributed by atoms with Crippen molar-refractivity contribution in [2.45, 2.75) is 13.1 Å². The van der Waals surface area contributed by atoms with Crippen molar-refractivity contribution in [3.05, 3.63) is 83.7 Å². The van der Waals surface area contributed by atoms with Crippen LogP contribution in [0.15, 0.2) is 66.9 Å². The highest BCUT2D eigenvalue weighted by atomic mass is 16.5. The van der Waals surface area contributed by atoms with E-state index in [1.54, 1.807) is 21.1 Å². The highest BCUT2D eigenvalue weighted by molar-refractivity contribution is 5.99. The molecule has 0 fully saturated rings. The number of hydrogen-bond acceptors (Lipinski definition) is 3. The van der Waals surface area contributed by atoms with Crippen LogP contribution in [0.4, 0.5) is 0 Å². The Bertz CT molecular complexity index is 995. The normalized spacial score (nSPS) is 13.4. The summed E-state index contributed by atoms with van der Waals surface area (Å²) in [4.78, 5) is 26.3. The first-order valence-electron chi connectivity index (χ1n) is 8.74. The third kappa shape index (κ3) is 3.22. The lowest BCUT2D eigenvalue weighted by atomic mass is 9.99. The number of amides is 2. The SMILES string of the molecule is O=C(NO)c1cc2n(c1)CCN(Cc1ccccc1-c1ccccc1)C2=O. The predicted octanol–water partition coefficient (Wildman–Crippen LogP) is 2.93. The van der Waals surface area contributed by atoms with Crippen LogP contribution in [0.25, 0.3) is 11.1 Å². The van der Waals surface area contributed by atoms with Crippen LogP contribution in [0, 0.1) is 0 Å². The van der Waals surface area contributed by atoms with Gasteiger partial charge in [0.25, 0.3) is 11.8 Å². The molecule has 2 heterocycles. The number of aromatic nitrogens is 1. The monoisotopic (exact) mass is 361 g/mol. The Morgan fingerprint density at radius 1 is 1.04 bits per heavy atom. The van der Waals surface area contributed by atoms with Gasteiger partial charge in [0.1, 0.15) is 5.69 Å². The lowest BCUT2D eigenvalue weighted by Crippen LogP contribution is -2.39. The van der Waals surface area contributed by atoms with Crippen molar-refractivity contribution in [2.75, 3.05) is 6.54 Å². The van der Waals surface area contributed by atoms with E-state index in [-0.39, 0.29) is 11.5 Å². The first-order valence-corrected chi connectivity index (χ1v) is 8.74. The van der Waals surface area contributed by atoms with Gasteiger partial charge in [0, 0.05) is 25.8 Å². The average molecular weight is 361 g/mol. The second-order valence-electron chi connectivity index (χ2n) is 6.50. The van der Waals surface area contributed by atoms with Gasteiger partial charge < -0.3 is 9.47 Å². The van der Waals surface area contributed by atoms with E-state index in [0.29, 0.717) is 25.3 Å². The molecule has 0 aliphatic carbocycles. The van der Waals surface area contributed by atoms with Crippen molar-refractivity contribution >= 4 is 11.8 Å². The molecule has 0 bridgehead atoms. The van der Waals surface area contributed by atoms with Crippen molar-refractivity contribution < 1.29 is 14.8 Å². The molecule has 0 radical (unpaired) electrons. The molecule has 6 nitrogen and oxygen atoms in total. The van der Waals surface area contributed by atoms with Crippen LogP contribution in [-0.4, -0.2) is 33.0 Å². The van der Waals surface area contributed by atoms with Crippen LogP contribution in [-0.2, 0) is 13.1 Å². The van der Waals surface area contributed by atoms with Crippen LogP contribution in [0.1, 0.15) is 26.4 Å². The summed E-state index contributed by atoms with van der Waals surface area (Å²) >= 11 is 0. The van der Waals surface area contributed by atoms with Crippen LogP contribution in [0.2, 0.25) is 0 Å². The number of hydrogen-bond donors (Lipinski definition) is 2. The fourth-order valence-corrected chi connectivity index (χ4v) is 3.47. The van der Waals surface area contributed by atoms with Crippen molar-refractivity contribution in [2.24, 2.45) is 0 Å². The maximum Gasteiger partial charge on any atom is 0.276 e. The fourth-order valence-electron chi connectivity index (χ4n) is 3.47. The molecular weight excluding hydrogens is 342 g/mol. The smallest absolute Gasteiger partial charge is 0.276 e. The van der Waals surface area contributed by atoms with Gasteiger partial charge in [-0.15, -0.1) is 0 Å². The van der Waals surface area contributed by atoms with E-state index >= 15 is 0 Å². The van der Waals surface area contributed by atoms with Gasteiger partial charge >= 0.3 is 0 Å². The van der Waals surface area contributed by atoms with Gasteiger partial charge in [-0.2, -0.15) is 0 Å². The molecule has 2 aromatic carbocycles. The lowest BCUT2D eigenvalue weighted by molar-refractivity contribution is 0.0690. The Labute approximate surface area is 156 Å². The van der Waals surface area contributed by atoms with E-state index < -0.39 is 5.91 Å². The molecule has 4 rings (SSSR count). The summed E-state index contributed by atoms with van der Waals surface area (Å²) in [6.45, 7) is 1.66. The van der Waals surface area contributed by atoms with E-state index in [0.717, 1.165) is 16.7 Å². The van der Waals surface area contributed by atoms with Crippen molar-refractivity contribution in [1.82, 2.24) is 14.9 Å². The minimum absolute atomic E-state index is 0.124. The van der Waals surface area contributed by atoms with Crippen molar-refractivity contribution in [3.8, 4) is 11.1 Å². The van der Waals surface area contributed by atoms with E-state index in [1.807, 2.05) is 36.4 Å². The molecule has 27 heavy (non-hydrogen) atoms. The molecule has 136 valence electrons. The van der Waals surface area contributed by atoms with Gasteiger partial charge in [0.15, 0.2) is 0 Å².